The maximum Gasteiger partial charge on any atom is 0.0172 e. The van der Waals surface area contributed by atoms with E-state index in [0.29, 0.717) is 0 Å². The Morgan fingerprint density at radius 3 is 1.88 bits per heavy atom. The number of alkyl halides is 1. The molecule has 3 atom stereocenters. The molecule has 0 spiro atoms. The van der Waals surface area contributed by atoms with Crippen LogP contribution in [0.5, 0.6) is 0 Å². The predicted octanol–water partition coefficient (Wildman–Crippen LogP) is 2.61. The third kappa shape index (κ3) is 0.703. The fourth-order valence-corrected chi connectivity index (χ4v) is 3.45. The highest BCUT2D eigenvalue weighted by molar-refractivity contribution is 14.1. The van der Waals surface area contributed by atoms with E-state index in [-0.39, 0.29) is 0 Å². The van der Waals surface area contributed by atoms with E-state index >= 15 is 0 Å². The molecule has 0 bridgehead atoms. The minimum Gasteiger partial charge on any atom is -0.0820 e. The molecule has 1 heteroatoms. The molecule has 0 aromatic carbocycles. The van der Waals surface area contributed by atoms with Gasteiger partial charge in [0.1, 0.15) is 0 Å². The van der Waals surface area contributed by atoms with Crippen molar-refractivity contribution in [1.82, 2.24) is 0 Å². The highest BCUT2D eigenvalue weighted by Gasteiger charge is 2.48. The molecule has 0 heterocycles. The van der Waals surface area contributed by atoms with Crippen LogP contribution < -0.4 is 0 Å². The zero-order chi connectivity index (χ0) is 5.56. The van der Waals surface area contributed by atoms with Crippen molar-refractivity contribution in [3.8, 4) is 0 Å². The first-order chi connectivity index (χ1) is 3.89. The van der Waals surface area contributed by atoms with Crippen LogP contribution in [-0.2, 0) is 0 Å². The normalized spacial score (nSPS) is 52.9. The van der Waals surface area contributed by atoms with Crippen LogP contribution in [0.2, 0.25) is 0 Å². The molecular formula is C7H11I. The van der Waals surface area contributed by atoms with Crippen LogP contribution in [0.3, 0.4) is 0 Å². The highest BCUT2D eigenvalue weighted by Crippen LogP contribution is 2.54. The Kier molecular flexibility index (Phi) is 1.28. The molecule has 1 unspecified atom stereocenters. The van der Waals surface area contributed by atoms with Gasteiger partial charge in [-0.15, -0.1) is 0 Å². The Morgan fingerprint density at radius 2 is 1.50 bits per heavy atom. The molecule has 2 aliphatic carbocycles. The molecular weight excluding hydrogens is 211 g/mol. The van der Waals surface area contributed by atoms with Gasteiger partial charge in [0.2, 0.25) is 0 Å². The molecule has 0 N–H and O–H groups in total. The number of rotatable bonds is 0. The smallest absolute Gasteiger partial charge is 0.0172 e. The summed E-state index contributed by atoms with van der Waals surface area (Å²) in [6, 6.07) is 0. The van der Waals surface area contributed by atoms with Gasteiger partial charge in [-0.1, -0.05) is 35.4 Å². The second kappa shape index (κ2) is 1.86. The largest absolute Gasteiger partial charge is 0.0820 e. The lowest BCUT2D eigenvalue weighted by Crippen LogP contribution is -1.91. The topological polar surface area (TPSA) is 0 Å². The van der Waals surface area contributed by atoms with Gasteiger partial charge in [0, 0.05) is 3.92 Å². The Bertz CT molecular complexity index is 88.6. The second-order valence-electron chi connectivity index (χ2n) is 3.06. The van der Waals surface area contributed by atoms with Gasteiger partial charge in [-0.3, -0.25) is 0 Å². The van der Waals surface area contributed by atoms with Crippen molar-refractivity contribution >= 4 is 22.6 Å². The van der Waals surface area contributed by atoms with E-state index in [2.05, 4.69) is 22.6 Å². The molecule has 2 fully saturated rings. The zero-order valence-corrected chi connectivity index (χ0v) is 7.10. The predicted molar refractivity (Wildman–Crippen MR) is 43.3 cm³/mol. The van der Waals surface area contributed by atoms with Crippen molar-refractivity contribution in [3.63, 3.8) is 0 Å². The summed E-state index contributed by atoms with van der Waals surface area (Å²) >= 11 is 2.62. The minimum atomic E-state index is 1.08. The minimum absolute atomic E-state index is 1.08. The third-order valence-corrected chi connectivity index (χ3v) is 4.40. The Labute approximate surface area is 64.2 Å². The highest BCUT2D eigenvalue weighted by atomic mass is 127. The van der Waals surface area contributed by atoms with Gasteiger partial charge in [0.25, 0.3) is 0 Å². The Morgan fingerprint density at radius 1 is 1.00 bits per heavy atom. The first-order valence-electron chi connectivity index (χ1n) is 3.53. The molecule has 0 aliphatic heterocycles. The van der Waals surface area contributed by atoms with Gasteiger partial charge in [-0.25, -0.2) is 0 Å². The van der Waals surface area contributed by atoms with E-state index in [9.17, 15) is 0 Å². The quantitative estimate of drug-likeness (QED) is 0.436. The van der Waals surface area contributed by atoms with E-state index in [1.165, 1.54) is 25.7 Å². The van der Waals surface area contributed by atoms with Gasteiger partial charge in [-0.05, 0) is 24.7 Å². The molecule has 2 aliphatic rings. The van der Waals surface area contributed by atoms with Crippen LogP contribution in [0, 0.1) is 11.8 Å². The second-order valence-corrected chi connectivity index (χ2v) is 4.49. The van der Waals surface area contributed by atoms with Crippen LogP contribution in [-0.4, -0.2) is 3.92 Å². The van der Waals surface area contributed by atoms with Gasteiger partial charge in [0.15, 0.2) is 0 Å². The summed E-state index contributed by atoms with van der Waals surface area (Å²) in [4.78, 5) is 0. The van der Waals surface area contributed by atoms with E-state index in [1.54, 1.807) is 0 Å². The summed E-state index contributed by atoms with van der Waals surface area (Å²) in [7, 11) is 0. The summed E-state index contributed by atoms with van der Waals surface area (Å²) < 4.78 is 1.08. The van der Waals surface area contributed by atoms with E-state index < -0.39 is 0 Å². The lowest BCUT2D eigenvalue weighted by molar-refractivity contribution is 0.480. The number of halogens is 1. The summed E-state index contributed by atoms with van der Waals surface area (Å²) in [6.45, 7) is 0. The molecule has 0 amide bonds. The van der Waals surface area contributed by atoms with Crippen molar-refractivity contribution in [1.29, 1.82) is 0 Å². The van der Waals surface area contributed by atoms with Crippen LogP contribution in [0.4, 0.5) is 0 Å². The molecule has 2 saturated carbocycles. The van der Waals surface area contributed by atoms with Gasteiger partial charge in [-0.2, -0.15) is 0 Å². The molecule has 0 saturated heterocycles. The number of hydrogen-bond donors (Lipinski definition) is 0. The Hall–Kier alpha value is 0.730. The fraction of sp³-hybridized carbons (Fsp3) is 1.00. The van der Waals surface area contributed by atoms with E-state index in [0.717, 1.165) is 15.8 Å². The average Bonchev–Trinajstić information content (AvgIpc) is 2.46. The van der Waals surface area contributed by atoms with Crippen LogP contribution in [0.25, 0.3) is 0 Å². The lowest BCUT2D eigenvalue weighted by Gasteiger charge is -2.04. The molecule has 0 nitrogen and oxygen atoms in total. The third-order valence-electron chi connectivity index (χ3n) is 2.55. The van der Waals surface area contributed by atoms with Crippen molar-refractivity contribution in [3.05, 3.63) is 0 Å². The van der Waals surface area contributed by atoms with Crippen LogP contribution in [0.1, 0.15) is 25.7 Å². The van der Waals surface area contributed by atoms with Crippen LogP contribution >= 0.6 is 22.6 Å². The summed E-state index contributed by atoms with van der Waals surface area (Å²) in [5.74, 6) is 2.31. The summed E-state index contributed by atoms with van der Waals surface area (Å²) in [6.07, 6.45) is 6.11. The standard InChI is InChI=1S/C7H11I/c8-7-5-3-1-2-4-6(5)7/h5-7H,1-4H2/t5-,6+,7?. The van der Waals surface area contributed by atoms with Crippen molar-refractivity contribution < 1.29 is 0 Å². The summed E-state index contributed by atoms with van der Waals surface area (Å²) in [5, 5.41) is 0. The van der Waals surface area contributed by atoms with Crippen molar-refractivity contribution in [2.75, 3.05) is 0 Å². The average molecular weight is 222 g/mol. The van der Waals surface area contributed by atoms with Gasteiger partial charge < -0.3 is 0 Å². The molecule has 0 aromatic rings. The molecule has 46 valence electrons. The van der Waals surface area contributed by atoms with Gasteiger partial charge >= 0.3 is 0 Å². The maximum absolute atomic E-state index is 2.62. The van der Waals surface area contributed by atoms with Crippen molar-refractivity contribution in [2.24, 2.45) is 11.8 Å². The summed E-state index contributed by atoms with van der Waals surface area (Å²) in [5.41, 5.74) is 0. The molecule has 0 radical (unpaired) electrons. The monoisotopic (exact) mass is 222 g/mol. The first kappa shape index (κ1) is 5.51. The van der Waals surface area contributed by atoms with E-state index in [1.807, 2.05) is 0 Å². The Balaban J connectivity index is 1.97. The van der Waals surface area contributed by atoms with Gasteiger partial charge in [0.05, 0.1) is 0 Å². The zero-order valence-electron chi connectivity index (χ0n) is 4.94. The maximum atomic E-state index is 2.62. The number of hydrogen-bond acceptors (Lipinski definition) is 0. The molecule has 0 aromatic heterocycles. The number of fused-ring (bicyclic) bond motifs is 1. The molecule has 8 heavy (non-hydrogen) atoms. The van der Waals surface area contributed by atoms with E-state index in [4.69, 9.17) is 0 Å². The lowest BCUT2D eigenvalue weighted by atomic mass is 10.0. The fourth-order valence-electron chi connectivity index (χ4n) is 1.90. The SMILES string of the molecule is IC1[C@H]2CCCC[C@@H]12. The van der Waals surface area contributed by atoms with Crippen molar-refractivity contribution in [2.45, 2.75) is 29.6 Å². The molecule has 2 rings (SSSR count). The first-order valence-corrected chi connectivity index (χ1v) is 4.78. The van der Waals surface area contributed by atoms with Crippen LogP contribution in [0.15, 0.2) is 0 Å².